The van der Waals surface area contributed by atoms with Gasteiger partial charge in [0.2, 0.25) is 0 Å². The molecule has 0 heterocycles. The molecule has 0 aliphatic carbocycles. The lowest BCUT2D eigenvalue weighted by Crippen LogP contribution is -2.29. The Labute approximate surface area is 130 Å². The maximum atomic E-state index is 5.68. The van der Waals surface area contributed by atoms with Gasteiger partial charge in [0.15, 0.2) is 0 Å². The zero-order valence-electron chi connectivity index (χ0n) is 14.2. The van der Waals surface area contributed by atoms with E-state index in [1.54, 1.807) is 0 Å². The molecule has 0 radical (unpaired) electrons. The van der Waals surface area contributed by atoms with Crippen LogP contribution in [-0.4, -0.2) is 32.4 Å². The Kier molecular flexibility index (Phi) is 7.76. The number of ether oxygens (including phenoxy) is 2. The third-order valence-corrected chi connectivity index (χ3v) is 3.57. The molecule has 0 aliphatic heterocycles. The summed E-state index contributed by atoms with van der Waals surface area (Å²) < 4.78 is 11.2. The largest absolute Gasteiger partial charge is 0.491 e. The van der Waals surface area contributed by atoms with Crippen molar-refractivity contribution in [2.75, 3.05) is 26.4 Å². The average Bonchev–Trinajstić information content (AvgIpc) is 2.45. The second-order valence-electron chi connectivity index (χ2n) is 6.50. The predicted octanol–water partition coefficient (Wildman–Crippen LogP) is 3.77. The predicted molar refractivity (Wildman–Crippen MR) is 89.2 cm³/mol. The number of hydrogen-bond acceptors (Lipinski definition) is 3. The van der Waals surface area contributed by atoms with E-state index in [1.165, 1.54) is 5.56 Å². The zero-order chi connectivity index (χ0) is 15.7. The van der Waals surface area contributed by atoms with Crippen LogP contribution in [0.5, 0.6) is 5.75 Å². The minimum atomic E-state index is 0.185. The lowest BCUT2D eigenvalue weighted by atomic mass is 9.87. The van der Waals surface area contributed by atoms with Gasteiger partial charge in [-0.25, -0.2) is 0 Å². The molecule has 0 bridgehead atoms. The molecule has 1 rings (SSSR count). The van der Waals surface area contributed by atoms with Gasteiger partial charge < -0.3 is 14.8 Å². The molecule has 1 aromatic carbocycles. The van der Waals surface area contributed by atoms with Crippen molar-refractivity contribution in [3.63, 3.8) is 0 Å². The van der Waals surface area contributed by atoms with Crippen molar-refractivity contribution < 1.29 is 9.47 Å². The fraction of sp³-hybridized carbons (Fsp3) is 0.667. The Bertz CT molecular complexity index is 381. The molecule has 21 heavy (non-hydrogen) atoms. The molecular formula is C18H31NO2. The Morgan fingerprint density at radius 3 is 2.29 bits per heavy atom. The summed E-state index contributed by atoms with van der Waals surface area (Å²) in [4.78, 5) is 0. The highest BCUT2D eigenvalue weighted by atomic mass is 16.5. The fourth-order valence-electron chi connectivity index (χ4n) is 1.89. The highest BCUT2D eigenvalue weighted by Crippen LogP contribution is 2.24. The van der Waals surface area contributed by atoms with Crippen molar-refractivity contribution in [3.05, 3.63) is 29.8 Å². The van der Waals surface area contributed by atoms with Crippen molar-refractivity contribution in [2.45, 2.75) is 52.5 Å². The van der Waals surface area contributed by atoms with E-state index in [4.69, 9.17) is 9.47 Å². The molecule has 1 aromatic rings. The third-order valence-electron chi connectivity index (χ3n) is 3.57. The fourth-order valence-corrected chi connectivity index (χ4v) is 1.89. The van der Waals surface area contributed by atoms with Crippen LogP contribution in [0.4, 0.5) is 0 Å². The van der Waals surface area contributed by atoms with Crippen LogP contribution in [0.3, 0.4) is 0 Å². The highest BCUT2D eigenvalue weighted by Gasteiger charge is 2.12. The van der Waals surface area contributed by atoms with Crippen molar-refractivity contribution in [1.29, 1.82) is 0 Å². The van der Waals surface area contributed by atoms with Crippen LogP contribution in [0, 0.1) is 0 Å². The third kappa shape index (κ3) is 7.49. The molecule has 1 atom stereocenters. The van der Waals surface area contributed by atoms with Gasteiger partial charge in [-0.1, -0.05) is 39.8 Å². The van der Waals surface area contributed by atoms with Gasteiger partial charge in [-0.05, 0) is 36.5 Å². The number of nitrogens with one attached hydrogen (secondary N) is 1. The van der Waals surface area contributed by atoms with Gasteiger partial charge in [-0.3, -0.25) is 0 Å². The summed E-state index contributed by atoms with van der Waals surface area (Å²) in [6.45, 7) is 13.9. The normalized spacial score (nSPS) is 13.2. The molecule has 0 spiro atoms. The van der Waals surface area contributed by atoms with Crippen LogP contribution < -0.4 is 10.1 Å². The molecule has 0 amide bonds. The van der Waals surface area contributed by atoms with Gasteiger partial charge in [-0.2, -0.15) is 0 Å². The van der Waals surface area contributed by atoms with E-state index in [0.29, 0.717) is 19.3 Å². The molecule has 0 saturated heterocycles. The number of benzene rings is 1. The first-order valence-corrected chi connectivity index (χ1v) is 7.98. The van der Waals surface area contributed by atoms with Crippen LogP contribution >= 0.6 is 0 Å². The lowest BCUT2D eigenvalue weighted by Gasteiger charge is -2.19. The van der Waals surface area contributed by atoms with Crippen molar-refractivity contribution in [1.82, 2.24) is 5.32 Å². The first kappa shape index (κ1) is 18.0. The summed E-state index contributed by atoms with van der Waals surface area (Å²) in [5.74, 6) is 0.907. The van der Waals surface area contributed by atoms with Crippen LogP contribution in [-0.2, 0) is 10.2 Å². The van der Waals surface area contributed by atoms with Crippen molar-refractivity contribution >= 4 is 0 Å². The van der Waals surface area contributed by atoms with E-state index in [1.807, 2.05) is 12.1 Å². The van der Waals surface area contributed by atoms with Gasteiger partial charge in [0.25, 0.3) is 0 Å². The summed E-state index contributed by atoms with van der Waals surface area (Å²) in [7, 11) is 0. The summed E-state index contributed by atoms with van der Waals surface area (Å²) in [5, 5.41) is 3.40. The minimum absolute atomic E-state index is 0.185. The maximum Gasteiger partial charge on any atom is 0.119 e. The molecule has 1 N–H and O–H groups in total. The standard InChI is InChI=1S/C18H31NO2/c1-6-15(2)19-11-12-20-13-14-21-17-9-7-16(8-10-17)18(3,4)5/h7-10,15,19H,6,11-14H2,1-5H3/t15-/m0/s1. The Morgan fingerprint density at radius 2 is 1.71 bits per heavy atom. The molecule has 3 nitrogen and oxygen atoms in total. The molecule has 120 valence electrons. The first-order valence-electron chi connectivity index (χ1n) is 7.98. The molecule has 0 saturated carbocycles. The second kappa shape index (κ2) is 9.06. The monoisotopic (exact) mass is 293 g/mol. The Morgan fingerprint density at radius 1 is 1.05 bits per heavy atom. The molecule has 0 fully saturated rings. The number of hydrogen-bond donors (Lipinski definition) is 1. The van der Waals surface area contributed by atoms with E-state index in [0.717, 1.165) is 25.3 Å². The van der Waals surface area contributed by atoms with Gasteiger partial charge in [0.1, 0.15) is 12.4 Å². The topological polar surface area (TPSA) is 30.5 Å². The van der Waals surface area contributed by atoms with Gasteiger partial charge in [-0.15, -0.1) is 0 Å². The quantitative estimate of drug-likeness (QED) is 0.703. The van der Waals surface area contributed by atoms with Gasteiger partial charge >= 0.3 is 0 Å². The molecule has 0 unspecified atom stereocenters. The lowest BCUT2D eigenvalue weighted by molar-refractivity contribution is 0.100. The van der Waals surface area contributed by atoms with Crippen LogP contribution in [0.15, 0.2) is 24.3 Å². The van der Waals surface area contributed by atoms with Crippen LogP contribution in [0.2, 0.25) is 0 Å². The SMILES string of the molecule is CC[C@H](C)NCCOCCOc1ccc(C(C)(C)C)cc1. The first-order chi connectivity index (χ1) is 9.93. The zero-order valence-corrected chi connectivity index (χ0v) is 14.2. The summed E-state index contributed by atoms with van der Waals surface area (Å²) in [5.41, 5.74) is 1.51. The summed E-state index contributed by atoms with van der Waals surface area (Å²) in [6, 6.07) is 8.89. The van der Waals surface area contributed by atoms with Crippen LogP contribution in [0.25, 0.3) is 0 Å². The maximum absolute atomic E-state index is 5.68. The summed E-state index contributed by atoms with van der Waals surface area (Å²) in [6.07, 6.45) is 1.15. The smallest absolute Gasteiger partial charge is 0.119 e. The van der Waals surface area contributed by atoms with E-state index >= 15 is 0 Å². The number of rotatable bonds is 9. The Balaban J connectivity index is 2.13. The van der Waals surface area contributed by atoms with E-state index in [9.17, 15) is 0 Å². The van der Waals surface area contributed by atoms with E-state index in [-0.39, 0.29) is 5.41 Å². The molecule has 3 heteroatoms. The minimum Gasteiger partial charge on any atom is -0.491 e. The van der Waals surface area contributed by atoms with Crippen molar-refractivity contribution in [2.24, 2.45) is 0 Å². The van der Waals surface area contributed by atoms with E-state index < -0.39 is 0 Å². The van der Waals surface area contributed by atoms with Crippen LogP contribution in [0.1, 0.15) is 46.6 Å². The van der Waals surface area contributed by atoms with Gasteiger partial charge in [0, 0.05) is 12.6 Å². The Hall–Kier alpha value is -1.06. The average molecular weight is 293 g/mol. The van der Waals surface area contributed by atoms with Gasteiger partial charge in [0.05, 0.1) is 13.2 Å². The molecule has 0 aliphatic rings. The molecular weight excluding hydrogens is 262 g/mol. The van der Waals surface area contributed by atoms with Crippen molar-refractivity contribution in [3.8, 4) is 5.75 Å². The highest BCUT2D eigenvalue weighted by molar-refractivity contribution is 5.31. The second-order valence-corrected chi connectivity index (χ2v) is 6.50. The summed E-state index contributed by atoms with van der Waals surface area (Å²) >= 11 is 0. The molecule has 0 aromatic heterocycles. The van der Waals surface area contributed by atoms with E-state index in [2.05, 4.69) is 52.1 Å².